The molecular weight excluding hydrogens is 270 g/mol. The molecule has 6 heteroatoms. The number of rotatable bonds is 2. The maximum absolute atomic E-state index is 12.5. The van der Waals surface area contributed by atoms with E-state index in [2.05, 4.69) is 9.88 Å². The number of nitrogens with zero attached hydrogens (tertiary/aromatic N) is 3. The van der Waals surface area contributed by atoms with Crippen LogP contribution in [0.5, 0.6) is 0 Å². The number of para-hydroxylation sites is 2. The highest BCUT2D eigenvalue weighted by atomic mass is 16.4. The third kappa shape index (κ3) is 2.42. The summed E-state index contributed by atoms with van der Waals surface area (Å²) in [6, 6.07) is 7.24. The molecule has 2 aromatic rings. The van der Waals surface area contributed by atoms with Gasteiger partial charge < -0.3 is 14.6 Å². The third-order valence-corrected chi connectivity index (χ3v) is 4.05. The Hall–Kier alpha value is -2.21. The number of piperidine rings is 1. The Kier molecular flexibility index (Phi) is 3.47. The summed E-state index contributed by atoms with van der Waals surface area (Å²) in [5, 5.41) is 9.21. The quantitative estimate of drug-likeness (QED) is 0.902. The molecule has 0 unspecified atom stereocenters. The van der Waals surface area contributed by atoms with Crippen LogP contribution in [0, 0.1) is 0 Å². The molecule has 6 nitrogen and oxygen atoms in total. The highest BCUT2D eigenvalue weighted by molar-refractivity contribution is 5.88. The number of benzene rings is 1. The van der Waals surface area contributed by atoms with Crippen LogP contribution < -0.4 is 5.56 Å². The van der Waals surface area contributed by atoms with Crippen molar-refractivity contribution in [3.05, 3.63) is 40.3 Å². The van der Waals surface area contributed by atoms with Gasteiger partial charge in [0.15, 0.2) is 0 Å². The molecule has 1 fully saturated rings. The first kappa shape index (κ1) is 13.8. The Labute approximate surface area is 121 Å². The summed E-state index contributed by atoms with van der Waals surface area (Å²) in [4.78, 5) is 30.0. The van der Waals surface area contributed by atoms with Crippen LogP contribution in [-0.2, 0) is 0 Å². The van der Waals surface area contributed by atoms with Crippen LogP contribution >= 0.6 is 0 Å². The molecule has 0 amide bonds. The van der Waals surface area contributed by atoms with Gasteiger partial charge in [-0.15, -0.1) is 0 Å². The standard InChI is InChI=1S/C15H17N3O3/c1-17-8-6-10(7-9-17)18-12-5-3-2-4-11(12)16-13(14(18)19)15(20)21/h2-5,10H,6-9H2,1H3,(H,20,21). The van der Waals surface area contributed by atoms with Crippen molar-refractivity contribution in [1.82, 2.24) is 14.5 Å². The zero-order valence-electron chi connectivity index (χ0n) is 11.8. The summed E-state index contributed by atoms with van der Waals surface area (Å²) < 4.78 is 1.62. The predicted molar refractivity (Wildman–Crippen MR) is 78.7 cm³/mol. The zero-order chi connectivity index (χ0) is 15.0. The summed E-state index contributed by atoms with van der Waals surface area (Å²) in [7, 11) is 2.05. The van der Waals surface area contributed by atoms with Gasteiger partial charge >= 0.3 is 5.97 Å². The van der Waals surface area contributed by atoms with Crippen molar-refractivity contribution in [3.63, 3.8) is 0 Å². The molecule has 0 saturated carbocycles. The van der Waals surface area contributed by atoms with Crippen LogP contribution in [0.2, 0.25) is 0 Å². The Balaban J connectivity index is 2.21. The maximum Gasteiger partial charge on any atom is 0.360 e. The second kappa shape index (κ2) is 5.29. The van der Waals surface area contributed by atoms with Crippen LogP contribution in [-0.4, -0.2) is 45.7 Å². The molecule has 0 bridgehead atoms. The van der Waals surface area contributed by atoms with Gasteiger partial charge in [0.05, 0.1) is 11.0 Å². The smallest absolute Gasteiger partial charge is 0.360 e. The van der Waals surface area contributed by atoms with Crippen molar-refractivity contribution in [2.24, 2.45) is 0 Å². The van der Waals surface area contributed by atoms with Crippen molar-refractivity contribution in [1.29, 1.82) is 0 Å². The fraction of sp³-hybridized carbons (Fsp3) is 0.400. The number of aromatic carboxylic acids is 1. The minimum Gasteiger partial charge on any atom is -0.476 e. The van der Waals surface area contributed by atoms with E-state index in [0.29, 0.717) is 11.0 Å². The van der Waals surface area contributed by atoms with Gasteiger partial charge in [-0.1, -0.05) is 12.1 Å². The molecule has 0 radical (unpaired) electrons. The lowest BCUT2D eigenvalue weighted by Crippen LogP contribution is -2.37. The topological polar surface area (TPSA) is 75.4 Å². The number of carboxylic acid groups (broad SMARTS) is 1. The first-order chi connectivity index (χ1) is 10.1. The van der Waals surface area contributed by atoms with Crippen molar-refractivity contribution >= 4 is 17.0 Å². The fourth-order valence-electron chi connectivity index (χ4n) is 2.91. The summed E-state index contributed by atoms with van der Waals surface area (Å²) in [6.45, 7) is 1.80. The van der Waals surface area contributed by atoms with Gasteiger partial charge in [-0.3, -0.25) is 4.79 Å². The van der Waals surface area contributed by atoms with E-state index < -0.39 is 17.2 Å². The van der Waals surface area contributed by atoms with Gasteiger partial charge in [-0.2, -0.15) is 0 Å². The van der Waals surface area contributed by atoms with Crippen LogP contribution in [0.25, 0.3) is 11.0 Å². The molecule has 1 aliphatic rings. The molecule has 0 atom stereocenters. The van der Waals surface area contributed by atoms with E-state index in [0.717, 1.165) is 25.9 Å². The number of likely N-dealkylation sites (tertiary alicyclic amines) is 1. The average Bonchev–Trinajstić information content (AvgIpc) is 2.48. The molecule has 1 aromatic heterocycles. The van der Waals surface area contributed by atoms with E-state index in [1.54, 1.807) is 16.7 Å². The van der Waals surface area contributed by atoms with Crippen LogP contribution in [0.1, 0.15) is 29.4 Å². The van der Waals surface area contributed by atoms with Crippen LogP contribution in [0.3, 0.4) is 0 Å². The molecule has 1 aliphatic heterocycles. The van der Waals surface area contributed by atoms with Crippen molar-refractivity contribution in [2.45, 2.75) is 18.9 Å². The van der Waals surface area contributed by atoms with Gasteiger partial charge in [-0.05, 0) is 45.1 Å². The second-order valence-electron chi connectivity index (χ2n) is 5.46. The summed E-state index contributed by atoms with van der Waals surface area (Å²) in [5.74, 6) is -1.27. The van der Waals surface area contributed by atoms with E-state index >= 15 is 0 Å². The van der Waals surface area contributed by atoms with Gasteiger partial charge in [0.2, 0.25) is 5.69 Å². The number of fused-ring (bicyclic) bond motifs is 1. The van der Waals surface area contributed by atoms with Crippen molar-refractivity contribution in [2.75, 3.05) is 20.1 Å². The SMILES string of the molecule is CN1CCC(n2c(=O)c(C(=O)O)nc3ccccc32)CC1. The third-order valence-electron chi connectivity index (χ3n) is 4.05. The molecule has 1 aromatic carbocycles. The van der Waals surface area contributed by atoms with Gasteiger partial charge in [0, 0.05) is 6.04 Å². The van der Waals surface area contributed by atoms with Gasteiger partial charge in [0.25, 0.3) is 5.56 Å². The number of carboxylic acids is 1. The highest BCUT2D eigenvalue weighted by Gasteiger charge is 2.24. The number of carbonyl (C=O) groups is 1. The first-order valence-corrected chi connectivity index (χ1v) is 7.01. The molecule has 3 rings (SSSR count). The monoisotopic (exact) mass is 287 g/mol. The van der Waals surface area contributed by atoms with E-state index in [9.17, 15) is 14.7 Å². The number of hydrogen-bond donors (Lipinski definition) is 1. The Morgan fingerprint density at radius 2 is 1.95 bits per heavy atom. The zero-order valence-corrected chi connectivity index (χ0v) is 11.8. The van der Waals surface area contributed by atoms with E-state index in [1.165, 1.54) is 0 Å². The highest BCUT2D eigenvalue weighted by Crippen LogP contribution is 2.24. The van der Waals surface area contributed by atoms with E-state index in [1.807, 2.05) is 19.2 Å². The van der Waals surface area contributed by atoms with Crippen LogP contribution in [0.4, 0.5) is 0 Å². The Morgan fingerprint density at radius 1 is 1.29 bits per heavy atom. The lowest BCUT2D eigenvalue weighted by atomic mass is 10.0. The largest absolute Gasteiger partial charge is 0.476 e. The lowest BCUT2D eigenvalue weighted by molar-refractivity contribution is 0.0687. The minimum atomic E-state index is -1.27. The summed E-state index contributed by atoms with van der Waals surface area (Å²) >= 11 is 0. The summed E-state index contributed by atoms with van der Waals surface area (Å²) in [6.07, 6.45) is 1.67. The first-order valence-electron chi connectivity index (χ1n) is 7.01. The molecule has 0 aliphatic carbocycles. The molecule has 1 saturated heterocycles. The van der Waals surface area contributed by atoms with Crippen molar-refractivity contribution in [3.8, 4) is 0 Å². The molecular formula is C15H17N3O3. The van der Waals surface area contributed by atoms with E-state index in [4.69, 9.17) is 0 Å². The van der Waals surface area contributed by atoms with Crippen molar-refractivity contribution < 1.29 is 9.90 Å². The molecule has 110 valence electrons. The fourth-order valence-corrected chi connectivity index (χ4v) is 2.91. The van der Waals surface area contributed by atoms with Crippen LogP contribution in [0.15, 0.2) is 29.1 Å². The second-order valence-corrected chi connectivity index (χ2v) is 5.46. The lowest BCUT2D eigenvalue weighted by Gasteiger charge is -2.31. The molecule has 2 heterocycles. The predicted octanol–water partition coefficient (Wildman–Crippen LogP) is 1.36. The van der Waals surface area contributed by atoms with Gasteiger partial charge in [0.1, 0.15) is 0 Å². The normalized spacial score (nSPS) is 17.2. The average molecular weight is 287 g/mol. The number of hydrogen-bond acceptors (Lipinski definition) is 4. The van der Waals surface area contributed by atoms with Gasteiger partial charge in [-0.25, -0.2) is 9.78 Å². The number of aromatic nitrogens is 2. The minimum absolute atomic E-state index is 0.0275. The van der Waals surface area contributed by atoms with E-state index in [-0.39, 0.29) is 6.04 Å². The molecule has 21 heavy (non-hydrogen) atoms. The maximum atomic E-state index is 12.5. The summed E-state index contributed by atoms with van der Waals surface area (Å²) in [5.41, 5.74) is 0.360. The Bertz CT molecular complexity index is 745. The molecule has 1 N–H and O–H groups in total. The Morgan fingerprint density at radius 3 is 2.62 bits per heavy atom. The molecule has 0 spiro atoms.